The fourth-order valence-corrected chi connectivity index (χ4v) is 2.79. The second kappa shape index (κ2) is 6.72. The molecule has 0 saturated heterocycles. The number of aliphatic hydroxyl groups excluding tert-OH is 2. The van der Waals surface area contributed by atoms with E-state index in [0.717, 1.165) is 0 Å². The summed E-state index contributed by atoms with van der Waals surface area (Å²) in [6.45, 7) is -0.412. The second-order valence-corrected chi connectivity index (χ2v) is 5.51. The molecule has 0 amide bonds. The van der Waals surface area contributed by atoms with Crippen LogP contribution in [0.15, 0.2) is 15.0 Å². The number of aromatic carboxylic acids is 1. The van der Waals surface area contributed by atoms with Gasteiger partial charge in [0, 0.05) is 15.5 Å². The van der Waals surface area contributed by atoms with Crippen molar-refractivity contribution in [1.29, 1.82) is 0 Å². The largest absolute Gasteiger partial charge is 0.478 e. The Morgan fingerprint density at radius 3 is 2.56 bits per heavy atom. The van der Waals surface area contributed by atoms with Gasteiger partial charge >= 0.3 is 5.97 Å². The van der Waals surface area contributed by atoms with Gasteiger partial charge in [0.05, 0.1) is 23.4 Å². The average molecular weight is 403 g/mol. The highest BCUT2D eigenvalue weighted by Crippen LogP contribution is 2.37. The molecular formula is C10H10Br2ClNO4. The van der Waals surface area contributed by atoms with Crippen molar-refractivity contribution < 1.29 is 20.1 Å². The molecule has 0 radical (unpaired) electrons. The number of carboxylic acids is 1. The highest BCUT2D eigenvalue weighted by molar-refractivity contribution is 9.11. The molecule has 8 heteroatoms. The molecule has 1 atom stereocenters. The molecule has 0 aliphatic rings. The Bertz CT molecular complexity index is 470. The standard InChI is InChI=1S/C10H10Br2ClNO4/c11-5-1-6(12)9(14-2-4(16)3-15)7(8(5)13)10(17)18/h1,4,14-16H,2-3H2,(H,17,18). The van der Waals surface area contributed by atoms with Crippen LogP contribution < -0.4 is 5.32 Å². The SMILES string of the molecule is O=C(O)c1c(Cl)c(Br)cc(Br)c1NCC(O)CO. The molecule has 0 spiro atoms. The van der Waals surface area contributed by atoms with Crippen molar-refractivity contribution in [2.45, 2.75) is 6.10 Å². The van der Waals surface area contributed by atoms with Crippen LogP contribution in [0.2, 0.25) is 5.02 Å². The van der Waals surface area contributed by atoms with Gasteiger partial charge in [-0.05, 0) is 37.9 Å². The number of aliphatic hydroxyl groups is 2. The Hall–Kier alpha value is -0.340. The van der Waals surface area contributed by atoms with Gasteiger partial charge in [-0.2, -0.15) is 0 Å². The van der Waals surface area contributed by atoms with E-state index in [4.69, 9.17) is 21.8 Å². The van der Waals surface area contributed by atoms with Crippen molar-refractivity contribution >= 4 is 55.1 Å². The molecule has 0 bridgehead atoms. The third-order valence-corrected chi connectivity index (χ3v) is 3.98. The molecule has 18 heavy (non-hydrogen) atoms. The van der Waals surface area contributed by atoms with Crippen molar-refractivity contribution in [3.63, 3.8) is 0 Å². The number of hydrogen-bond donors (Lipinski definition) is 4. The first-order valence-electron chi connectivity index (χ1n) is 4.82. The zero-order valence-corrected chi connectivity index (χ0v) is 12.9. The van der Waals surface area contributed by atoms with Gasteiger partial charge in [0.25, 0.3) is 0 Å². The van der Waals surface area contributed by atoms with Crippen LogP contribution in [0.25, 0.3) is 0 Å². The molecule has 4 N–H and O–H groups in total. The van der Waals surface area contributed by atoms with Crippen LogP contribution in [0, 0.1) is 0 Å². The van der Waals surface area contributed by atoms with Crippen molar-refractivity contribution in [3.8, 4) is 0 Å². The summed E-state index contributed by atoms with van der Waals surface area (Å²) < 4.78 is 0.933. The third kappa shape index (κ3) is 3.58. The van der Waals surface area contributed by atoms with E-state index in [-0.39, 0.29) is 22.8 Å². The maximum Gasteiger partial charge on any atom is 0.339 e. The normalized spacial score (nSPS) is 12.3. The number of carboxylic acid groups (broad SMARTS) is 1. The first kappa shape index (κ1) is 15.7. The summed E-state index contributed by atoms with van der Waals surface area (Å²) in [5.41, 5.74) is 0.145. The quantitative estimate of drug-likeness (QED) is 0.567. The fourth-order valence-electron chi connectivity index (χ4n) is 1.25. The number of hydrogen-bond acceptors (Lipinski definition) is 4. The predicted octanol–water partition coefficient (Wildman–Crippen LogP) is 2.33. The minimum atomic E-state index is -1.19. The third-order valence-electron chi connectivity index (χ3n) is 2.11. The molecule has 0 fully saturated rings. The summed E-state index contributed by atoms with van der Waals surface area (Å²) in [5, 5.41) is 29.9. The van der Waals surface area contributed by atoms with E-state index in [0.29, 0.717) is 8.95 Å². The highest BCUT2D eigenvalue weighted by Gasteiger charge is 2.20. The highest BCUT2D eigenvalue weighted by atomic mass is 79.9. The first-order chi connectivity index (χ1) is 8.38. The maximum absolute atomic E-state index is 11.2. The van der Waals surface area contributed by atoms with E-state index in [1.165, 1.54) is 0 Å². The van der Waals surface area contributed by atoms with E-state index in [9.17, 15) is 9.90 Å². The lowest BCUT2D eigenvalue weighted by Crippen LogP contribution is -2.24. The first-order valence-corrected chi connectivity index (χ1v) is 6.78. The van der Waals surface area contributed by atoms with Crippen molar-refractivity contribution in [2.75, 3.05) is 18.5 Å². The smallest absolute Gasteiger partial charge is 0.339 e. The summed E-state index contributed by atoms with van der Waals surface area (Å²) >= 11 is 12.3. The van der Waals surface area contributed by atoms with E-state index in [1.807, 2.05) is 0 Å². The summed E-state index contributed by atoms with van der Waals surface area (Å²) in [6, 6.07) is 1.60. The number of carbonyl (C=O) groups is 1. The van der Waals surface area contributed by atoms with Gasteiger partial charge in [0.1, 0.15) is 5.56 Å². The monoisotopic (exact) mass is 401 g/mol. The second-order valence-electron chi connectivity index (χ2n) is 3.43. The van der Waals surface area contributed by atoms with Gasteiger partial charge in [0.2, 0.25) is 0 Å². The number of benzene rings is 1. The summed E-state index contributed by atoms with van der Waals surface area (Å²) in [6.07, 6.45) is -0.985. The van der Waals surface area contributed by atoms with Gasteiger partial charge in [-0.1, -0.05) is 11.6 Å². The van der Waals surface area contributed by atoms with Gasteiger partial charge in [0.15, 0.2) is 0 Å². The minimum absolute atomic E-state index is 0.00728. The molecule has 100 valence electrons. The zero-order valence-electron chi connectivity index (χ0n) is 8.95. The van der Waals surface area contributed by atoms with Crippen LogP contribution in [-0.2, 0) is 0 Å². The molecule has 1 aromatic carbocycles. The summed E-state index contributed by atoms with van der Waals surface area (Å²) in [7, 11) is 0. The predicted molar refractivity (Wildman–Crippen MR) is 75.4 cm³/mol. The zero-order chi connectivity index (χ0) is 13.9. The molecule has 0 heterocycles. The average Bonchev–Trinajstić information content (AvgIpc) is 2.30. The van der Waals surface area contributed by atoms with Gasteiger partial charge in [-0.25, -0.2) is 4.79 Å². The van der Waals surface area contributed by atoms with Crippen LogP contribution >= 0.6 is 43.5 Å². The lowest BCUT2D eigenvalue weighted by Gasteiger charge is -2.16. The Labute approximate surface area is 125 Å². The lowest BCUT2D eigenvalue weighted by molar-refractivity contribution is 0.0697. The number of rotatable bonds is 5. The number of nitrogens with one attached hydrogen (secondary N) is 1. The Morgan fingerprint density at radius 2 is 2.06 bits per heavy atom. The topological polar surface area (TPSA) is 89.8 Å². The molecule has 0 aliphatic carbocycles. The van der Waals surface area contributed by atoms with E-state index >= 15 is 0 Å². The Balaban J connectivity index is 3.16. The van der Waals surface area contributed by atoms with Crippen molar-refractivity contribution in [2.24, 2.45) is 0 Å². The van der Waals surface area contributed by atoms with Crippen LogP contribution in [0.5, 0.6) is 0 Å². The molecule has 5 nitrogen and oxygen atoms in total. The number of halogens is 3. The van der Waals surface area contributed by atoms with Crippen molar-refractivity contribution in [1.82, 2.24) is 0 Å². The van der Waals surface area contributed by atoms with E-state index in [2.05, 4.69) is 37.2 Å². The van der Waals surface area contributed by atoms with Crippen LogP contribution in [0.3, 0.4) is 0 Å². The molecule has 0 aliphatic heterocycles. The minimum Gasteiger partial charge on any atom is -0.478 e. The molecule has 1 rings (SSSR count). The summed E-state index contributed by atoms with van der Waals surface area (Å²) in [5.74, 6) is -1.19. The molecule has 0 aromatic heterocycles. The molecule has 0 saturated carbocycles. The molecule has 1 aromatic rings. The van der Waals surface area contributed by atoms with E-state index < -0.39 is 18.7 Å². The number of anilines is 1. The Morgan fingerprint density at radius 1 is 1.44 bits per heavy atom. The fraction of sp³-hybridized carbons (Fsp3) is 0.300. The molecular weight excluding hydrogens is 393 g/mol. The van der Waals surface area contributed by atoms with Gasteiger partial charge in [-0.15, -0.1) is 0 Å². The van der Waals surface area contributed by atoms with Gasteiger partial charge < -0.3 is 20.6 Å². The van der Waals surface area contributed by atoms with Crippen molar-refractivity contribution in [3.05, 3.63) is 25.6 Å². The van der Waals surface area contributed by atoms with Gasteiger partial charge in [-0.3, -0.25) is 0 Å². The van der Waals surface area contributed by atoms with Crippen LogP contribution in [0.4, 0.5) is 5.69 Å². The maximum atomic E-state index is 11.2. The van der Waals surface area contributed by atoms with Crippen LogP contribution in [-0.4, -0.2) is 40.5 Å². The molecule has 1 unspecified atom stereocenters. The lowest BCUT2D eigenvalue weighted by atomic mass is 10.1. The Kier molecular flexibility index (Phi) is 5.87. The van der Waals surface area contributed by atoms with E-state index in [1.54, 1.807) is 6.07 Å². The van der Waals surface area contributed by atoms with Crippen LogP contribution in [0.1, 0.15) is 10.4 Å². The summed E-state index contributed by atoms with van der Waals surface area (Å²) in [4.78, 5) is 11.2.